The lowest BCUT2D eigenvalue weighted by Gasteiger charge is -2.51. The zero-order valence-corrected chi connectivity index (χ0v) is 13.6. The number of carbonyl (C=O) groups is 4. The fourth-order valence-electron chi connectivity index (χ4n) is 4.40. The molecular weight excluding hydrogens is 314 g/mol. The number of rotatable bonds is 4. The van der Waals surface area contributed by atoms with Gasteiger partial charge >= 0.3 is 11.9 Å². The van der Waals surface area contributed by atoms with E-state index in [1.807, 2.05) is 0 Å². The highest BCUT2D eigenvalue weighted by Crippen LogP contribution is 2.50. The van der Waals surface area contributed by atoms with Crippen LogP contribution in [0, 0.1) is 17.8 Å². The molecule has 3 fully saturated rings. The maximum Gasteiger partial charge on any atom is 0.330 e. The van der Waals surface area contributed by atoms with E-state index in [1.54, 1.807) is 0 Å². The first-order chi connectivity index (χ1) is 11.4. The van der Waals surface area contributed by atoms with Crippen molar-refractivity contribution in [2.75, 3.05) is 6.61 Å². The predicted molar refractivity (Wildman–Crippen MR) is 81.3 cm³/mol. The summed E-state index contributed by atoms with van der Waals surface area (Å²) in [5, 5.41) is 0. The highest BCUT2D eigenvalue weighted by atomic mass is 16.5. The van der Waals surface area contributed by atoms with Gasteiger partial charge in [0.2, 0.25) is 5.91 Å². The summed E-state index contributed by atoms with van der Waals surface area (Å²) in [6, 6.07) is -0.121. The van der Waals surface area contributed by atoms with Gasteiger partial charge in [-0.2, -0.15) is 0 Å². The SMILES string of the molecule is C=CC(=O)OCC(=O)N1C(=O)C2CC3CC(OC(C)=O)CC3CC21. The van der Waals surface area contributed by atoms with Gasteiger partial charge in [0.1, 0.15) is 6.10 Å². The van der Waals surface area contributed by atoms with Crippen molar-refractivity contribution in [3.63, 3.8) is 0 Å². The summed E-state index contributed by atoms with van der Waals surface area (Å²) in [6.45, 7) is 4.22. The van der Waals surface area contributed by atoms with Crippen LogP contribution in [0.25, 0.3) is 0 Å². The number of β-lactam (4-membered cyclic amide) rings is 1. The average molecular weight is 335 g/mol. The Kier molecular flexibility index (Phi) is 4.43. The molecule has 1 heterocycles. The molecule has 2 saturated carbocycles. The second-order valence-corrected chi connectivity index (χ2v) is 6.78. The predicted octanol–water partition coefficient (Wildman–Crippen LogP) is 0.821. The zero-order valence-electron chi connectivity index (χ0n) is 13.6. The molecule has 0 N–H and O–H groups in total. The molecule has 0 aromatic carbocycles. The molecule has 3 rings (SSSR count). The van der Waals surface area contributed by atoms with Crippen LogP contribution in [0.2, 0.25) is 0 Å². The van der Waals surface area contributed by atoms with Gasteiger partial charge in [-0.3, -0.25) is 19.3 Å². The van der Waals surface area contributed by atoms with Crippen LogP contribution in [-0.4, -0.2) is 47.4 Å². The van der Waals surface area contributed by atoms with Crippen LogP contribution in [0.15, 0.2) is 12.7 Å². The molecule has 7 heteroatoms. The van der Waals surface area contributed by atoms with Crippen LogP contribution in [0.4, 0.5) is 0 Å². The molecule has 0 aromatic heterocycles. The van der Waals surface area contributed by atoms with E-state index in [4.69, 9.17) is 9.47 Å². The van der Waals surface area contributed by atoms with Crippen molar-refractivity contribution in [1.29, 1.82) is 0 Å². The summed E-state index contributed by atoms with van der Waals surface area (Å²) in [5.74, 6) is -1.04. The van der Waals surface area contributed by atoms with E-state index >= 15 is 0 Å². The standard InChI is InChI=1S/C17H21NO6/c1-3-16(21)23-8-15(20)18-14-7-11-5-12(24-9(2)19)4-10(11)6-13(14)17(18)22/h3,10-14H,1,4-8H2,2H3. The lowest BCUT2D eigenvalue weighted by atomic mass is 9.67. The molecule has 2 amide bonds. The van der Waals surface area contributed by atoms with Crippen LogP contribution >= 0.6 is 0 Å². The van der Waals surface area contributed by atoms with Gasteiger partial charge < -0.3 is 9.47 Å². The molecule has 5 unspecified atom stereocenters. The fourth-order valence-corrected chi connectivity index (χ4v) is 4.40. The molecule has 1 saturated heterocycles. The van der Waals surface area contributed by atoms with Crippen molar-refractivity contribution in [3.8, 4) is 0 Å². The van der Waals surface area contributed by atoms with Gasteiger partial charge in [-0.25, -0.2) is 4.79 Å². The highest BCUT2D eigenvalue weighted by molar-refractivity contribution is 6.03. The van der Waals surface area contributed by atoms with E-state index in [0.29, 0.717) is 11.8 Å². The molecule has 24 heavy (non-hydrogen) atoms. The van der Waals surface area contributed by atoms with Gasteiger partial charge in [0, 0.05) is 13.0 Å². The lowest BCUT2D eigenvalue weighted by molar-refractivity contribution is -0.175. The number of likely N-dealkylation sites (tertiary alicyclic amines) is 1. The maximum atomic E-state index is 12.3. The number of ether oxygens (including phenoxy) is 2. The van der Waals surface area contributed by atoms with Crippen molar-refractivity contribution < 1.29 is 28.7 Å². The Morgan fingerprint density at radius 1 is 1.21 bits per heavy atom. The van der Waals surface area contributed by atoms with E-state index in [1.165, 1.54) is 11.8 Å². The number of fused-ring (bicyclic) bond motifs is 2. The molecule has 5 atom stereocenters. The Labute approximate surface area is 140 Å². The number of carbonyl (C=O) groups excluding carboxylic acids is 4. The molecule has 130 valence electrons. The van der Waals surface area contributed by atoms with Crippen LogP contribution in [0.5, 0.6) is 0 Å². The third-order valence-corrected chi connectivity index (χ3v) is 5.36. The third kappa shape index (κ3) is 2.95. The minimum atomic E-state index is -0.684. The van der Waals surface area contributed by atoms with Gasteiger partial charge in [-0.1, -0.05) is 6.58 Å². The zero-order chi connectivity index (χ0) is 17.4. The Hall–Kier alpha value is -2.18. The number of hydrogen-bond acceptors (Lipinski definition) is 6. The molecule has 0 bridgehead atoms. The summed E-state index contributed by atoms with van der Waals surface area (Å²) in [4.78, 5) is 47.8. The summed E-state index contributed by atoms with van der Waals surface area (Å²) >= 11 is 0. The van der Waals surface area contributed by atoms with Crippen LogP contribution in [-0.2, 0) is 28.7 Å². The lowest BCUT2D eigenvalue weighted by Crippen LogP contribution is -2.66. The Morgan fingerprint density at radius 3 is 2.50 bits per heavy atom. The monoisotopic (exact) mass is 335 g/mol. The third-order valence-electron chi connectivity index (χ3n) is 5.36. The molecule has 1 aliphatic heterocycles. The number of hydrogen-bond donors (Lipinski definition) is 0. The summed E-state index contributed by atoms with van der Waals surface area (Å²) in [5.41, 5.74) is 0. The smallest absolute Gasteiger partial charge is 0.330 e. The number of nitrogens with zero attached hydrogens (tertiary/aromatic N) is 1. The maximum absolute atomic E-state index is 12.3. The van der Waals surface area contributed by atoms with E-state index in [9.17, 15) is 19.2 Å². The number of amides is 2. The van der Waals surface area contributed by atoms with E-state index in [-0.39, 0.29) is 29.9 Å². The molecule has 0 radical (unpaired) electrons. The first-order valence-electron chi connectivity index (χ1n) is 8.23. The second kappa shape index (κ2) is 6.37. The fraction of sp³-hybridized carbons (Fsp3) is 0.647. The summed E-state index contributed by atoms with van der Waals surface area (Å²) < 4.78 is 10.0. The molecule has 3 aliphatic rings. The number of esters is 2. The van der Waals surface area contributed by atoms with Crippen molar-refractivity contribution in [3.05, 3.63) is 12.7 Å². The molecule has 2 aliphatic carbocycles. The highest BCUT2D eigenvalue weighted by Gasteiger charge is 2.57. The van der Waals surface area contributed by atoms with E-state index in [2.05, 4.69) is 6.58 Å². The van der Waals surface area contributed by atoms with Gasteiger partial charge in [0.05, 0.1) is 12.0 Å². The van der Waals surface area contributed by atoms with Crippen LogP contribution < -0.4 is 0 Å². The second-order valence-electron chi connectivity index (χ2n) is 6.78. The molecule has 0 spiro atoms. The molecular formula is C17H21NO6. The first-order valence-corrected chi connectivity index (χ1v) is 8.23. The molecule has 7 nitrogen and oxygen atoms in total. The average Bonchev–Trinajstić information content (AvgIpc) is 2.91. The van der Waals surface area contributed by atoms with Crippen molar-refractivity contribution in [2.24, 2.45) is 17.8 Å². The van der Waals surface area contributed by atoms with E-state index in [0.717, 1.165) is 31.8 Å². The minimum Gasteiger partial charge on any atom is -0.463 e. The molecule has 0 aromatic rings. The van der Waals surface area contributed by atoms with E-state index < -0.39 is 18.5 Å². The van der Waals surface area contributed by atoms with Gasteiger partial charge in [-0.05, 0) is 37.5 Å². The quantitative estimate of drug-likeness (QED) is 0.429. The normalized spacial score (nSPS) is 33.8. The summed E-state index contributed by atoms with van der Waals surface area (Å²) in [6.07, 6.45) is 3.96. The van der Waals surface area contributed by atoms with Gasteiger partial charge in [0.15, 0.2) is 6.61 Å². The number of imide groups is 1. The Morgan fingerprint density at radius 2 is 1.88 bits per heavy atom. The van der Waals surface area contributed by atoms with Gasteiger partial charge in [0.25, 0.3) is 5.91 Å². The van der Waals surface area contributed by atoms with Gasteiger partial charge in [-0.15, -0.1) is 0 Å². The topological polar surface area (TPSA) is 90.0 Å². The largest absolute Gasteiger partial charge is 0.463 e. The Balaban J connectivity index is 1.59. The van der Waals surface area contributed by atoms with Crippen LogP contribution in [0.3, 0.4) is 0 Å². The van der Waals surface area contributed by atoms with Crippen LogP contribution in [0.1, 0.15) is 32.6 Å². The first kappa shape index (κ1) is 16.7. The Bertz CT molecular complexity index is 600. The minimum absolute atomic E-state index is 0.0807. The summed E-state index contributed by atoms with van der Waals surface area (Å²) in [7, 11) is 0. The van der Waals surface area contributed by atoms with Crippen molar-refractivity contribution in [2.45, 2.75) is 44.8 Å². The van der Waals surface area contributed by atoms with Crippen molar-refractivity contribution >= 4 is 23.8 Å². The van der Waals surface area contributed by atoms with Crippen molar-refractivity contribution in [1.82, 2.24) is 4.90 Å².